The van der Waals surface area contributed by atoms with Gasteiger partial charge in [0, 0.05) is 11.1 Å². The molecule has 1 fully saturated rings. The largest absolute Gasteiger partial charge is 0.495 e. The molecule has 3 nitrogen and oxygen atoms in total. The smallest absolute Gasteiger partial charge is 0.195 e. The Labute approximate surface area is 118 Å². The molecule has 20 heavy (non-hydrogen) atoms. The number of benzene rings is 2. The van der Waals surface area contributed by atoms with E-state index in [0.29, 0.717) is 28.5 Å². The summed E-state index contributed by atoms with van der Waals surface area (Å²) in [7, 11) is 1.58. The van der Waals surface area contributed by atoms with Crippen LogP contribution in [-0.2, 0) is 0 Å². The number of carbonyl (C=O) groups is 1. The molecule has 0 aromatic heterocycles. The minimum atomic E-state index is -0.0519. The number of ether oxygens (including phenoxy) is 1. The lowest BCUT2D eigenvalue weighted by Crippen LogP contribution is -2.07. The molecular formula is C17H17NO2. The Morgan fingerprint density at radius 1 is 1.20 bits per heavy atom. The van der Waals surface area contributed by atoms with Gasteiger partial charge in [-0.2, -0.15) is 0 Å². The zero-order valence-electron chi connectivity index (χ0n) is 11.4. The van der Waals surface area contributed by atoms with Crippen LogP contribution in [0.15, 0.2) is 42.5 Å². The summed E-state index contributed by atoms with van der Waals surface area (Å²) in [5.41, 5.74) is 8.83. The first-order chi connectivity index (χ1) is 9.70. The highest BCUT2D eigenvalue weighted by atomic mass is 16.5. The molecule has 2 aromatic rings. The molecule has 0 atom stereocenters. The zero-order valence-corrected chi connectivity index (χ0v) is 11.4. The lowest BCUT2D eigenvalue weighted by atomic mass is 9.97. The molecule has 0 radical (unpaired) electrons. The van der Waals surface area contributed by atoms with Gasteiger partial charge in [0.1, 0.15) is 5.75 Å². The van der Waals surface area contributed by atoms with E-state index < -0.39 is 0 Å². The summed E-state index contributed by atoms with van der Waals surface area (Å²) >= 11 is 0. The molecule has 102 valence electrons. The molecular weight excluding hydrogens is 250 g/mol. The molecule has 3 rings (SSSR count). The molecule has 0 aliphatic heterocycles. The Bertz CT molecular complexity index is 646. The van der Waals surface area contributed by atoms with Crippen LogP contribution in [-0.4, -0.2) is 12.9 Å². The Balaban J connectivity index is 2.07. The molecule has 0 bridgehead atoms. The van der Waals surface area contributed by atoms with Crippen LogP contribution in [0.4, 0.5) is 5.69 Å². The van der Waals surface area contributed by atoms with Crippen LogP contribution in [0.3, 0.4) is 0 Å². The molecule has 1 saturated carbocycles. The fourth-order valence-corrected chi connectivity index (χ4v) is 2.40. The third-order valence-electron chi connectivity index (χ3n) is 3.71. The summed E-state index contributed by atoms with van der Waals surface area (Å²) in [6.07, 6.45) is 2.35. The van der Waals surface area contributed by atoms with Crippen molar-refractivity contribution in [1.29, 1.82) is 0 Å². The van der Waals surface area contributed by atoms with Crippen molar-refractivity contribution in [3.8, 4) is 5.75 Å². The number of ketones is 1. The van der Waals surface area contributed by atoms with Gasteiger partial charge in [-0.05, 0) is 36.5 Å². The van der Waals surface area contributed by atoms with Crippen molar-refractivity contribution in [2.24, 2.45) is 0 Å². The summed E-state index contributed by atoms with van der Waals surface area (Å²) < 4.78 is 5.31. The van der Waals surface area contributed by atoms with E-state index in [2.05, 4.69) is 0 Å². The third kappa shape index (κ3) is 2.27. The summed E-state index contributed by atoms with van der Waals surface area (Å²) in [5.74, 6) is 1.09. The van der Waals surface area contributed by atoms with Crippen LogP contribution in [0.1, 0.15) is 40.2 Å². The number of nitrogen functional groups attached to an aromatic ring is 1. The van der Waals surface area contributed by atoms with E-state index in [-0.39, 0.29) is 5.78 Å². The molecule has 0 unspecified atom stereocenters. The summed E-state index contributed by atoms with van der Waals surface area (Å²) in [5, 5.41) is 0. The Morgan fingerprint density at radius 3 is 2.50 bits per heavy atom. The van der Waals surface area contributed by atoms with Gasteiger partial charge in [0.15, 0.2) is 5.78 Å². The van der Waals surface area contributed by atoms with E-state index in [0.717, 1.165) is 5.56 Å². The van der Waals surface area contributed by atoms with Crippen molar-refractivity contribution in [1.82, 2.24) is 0 Å². The maximum atomic E-state index is 12.6. The molecule has 0 heterocycles. The van der Waals surface area contributed by atoms with Gasteiger partial charge in [-0.25, -0.2) is 0 Å². The van der Waals surface area contributed by atoms with E-state index in [4.69, 9.17) is 10.5 Å². The van der Waals surface area contributed by atoms with Crippen molar-refractivity contribution in [3.63, 3.8) is 0 Å². The van der Waals surface area contributed by atoms with Gasteiger partial charge in [0.25, 0.3) is 0 Å². The predicted molar refractivity (Wildman–Crippen MR) is 79.3 cm³/mol. The first-order valence-corrected chi connectivity index (χ1v) is 6.78. The van der Waals surface area contributed by atoms with E-state index in [1.807, 2.05) is 30.3 Å². The second-order valence-corrected chi connectivity index (χ2v) is 5.15. The molecule has 0 spiro atoms. The molecule has 0 saturated heterocycles. The monoisotopic (exact) mass is 267 g/mol. The number of hydrogen-bond acceptors (Lipinski definition) is 3. The van der Waals surface area contributed by atoms with Crippen molar-refractivity contribution >= 4 is 11.5 Å². The number of nitrogens with two attached hydrogens (primary N) is 1. The second-order valence-electron chi connectivity index (χ2n) is 5.15. The lowest BCUT2D eigenvalue weighted by Gasteiger charge is -2.12. The highest BCUT2D eigenvalue weighted by Crippen LogP contribution is 2.43. The van der Waals surface area contributed by atoms with Gasteiger partial charge in [-0.3, -0.25) is 4.79 Å². The third-order valence-corrected chi connectivity index (χ3v) is 3.71. The second kappa shape index (κ2) is 5.00. The number of carbonyl (C=O) groups excluding carboxylic acids is 1. The molecule has 3 heteroatoms. The number of anilines is 1. The van der Waals surface area contributed by atoms with Crippen molar-refractivity contribution in [2.75, 3.05) is 12.8 Å². The van der Waals surface area contributed by atoms with Gasteiger partial charge in [-0.15, -0.1) is 0 Å². The first kappa shape index (κ1) is 12.7. The summed E-state index contributed by atoms with van der Waals surface area (Å²) in [6.45, 7) is 0. The molecule has 2 N–H and O–H groups in total. The Morgan fingerprint density at radius 2 is 1.90 bits per heavy atom. The van der Waals surface area contributed by atoms with E-state index in [1.54, 1.807) is 19.2 Å². The topological polar surface area (TPSA) is 52.3 Å². The highest BCUT2D eigenvalue weighted by Gasteiger charge is 2.27. The van der Waals surface area contributed by atoms with Crippen LogP contribution >= 0.6 is 0 Å². The number of hydrogen-bond donors (Lipinski definition) is 1. The van der Waals surface area contributed by atoms with Crippen molar-refractivity contribution in [2.45, 2.75) is 18.8 Å². The number of rotatable bonds is 4. The average molecular weight is 267 g/mol. The minimum absolute atomic E-state index is 0.0519. The quantitative estimate of drug-likeness (QED) is 0.682. The van der Waals surface area contributed by atoms with Crippen molar-refractivity contribution < 1.29 is 9.53 Å². The van der Waals surface area contributed by atoms with Crippen LogP contribution in [0.5, 0.6) is 5.75 Å². The van der Waals surface area contributed by atoms with Crippen LogP contribution in [0.25, 0.3) is 0 Å². The Kier molecular flexibility index (Phi) is 3.18. The SMILES string of the molecule is COc1cc(C2CC2)cc(C(=O)c2ccccc2)c1N. The van der Waals surface area contributed by atoms with E-state index in [1.165, 1.54) is 12.8 Å². The summed E-state index contributed by atoms with van der Waals surface area (Å²) in [4.78, 5) is 12.6. The maximum Gasteiger partial charge on any atom is 0.195 e. The van der Waals surface area contributed by atoms with Crippen LogP contribution in [0, 0.1) is 0 Å². The van der Waals surface area contributed by atoms with Gasteiger partial charge >= 0.3 is 0 Å². The fraction of sp³-hybridized carbons (Fsp3) is 0.235. The zero-order chi connectivity index (χ0) is 14.1. The normalized spacial score (nSPS) is 14.1. The number of methoxy groups -OCH3 is 1. The van der Waals surface area contributed by atoms with Gasteiger partial charge in [0.05, 0.1) is 12.8 Å². The standard InChI is InChI=1S/C17H17NO2/c1-20-15-10-13(11-7-8-11)9-14(16(15)18)17(19)12-5-3-2-4-6-12/h2-6,9-11H,7-8,18H2,1H3. The first-order valence-electron chi connectivity index (χ1n) is 6.78. The van der Waals surface area contributed by atoms with Gasteiger partial charge < -0.3 is 10.5 Å². The van der Waals surface area contributed by atoms with Gasteiger partial charge in [0.2, 0.25) is 0 Å². The molecule has 0 amide bonds. The van der Waals surface area contributed by atoms with Gasteiger partial charge in [-0.1, -0.05) is 30.3 Å². The highest BCUT2D eigenvalue weighted by molar-refractivity contribution is 6.12. The van der Waals surface area contributed by atoms with E-state index >= 15 is 0 Å². The lowest BCUT2D eigenvalue weighted by molar-refractivity contribution is 0.103. The van der Waals surface area contributed by atoms with Crippen molar-refractivity contribution in [3.05, 3.63) is 59.2 Å². The fourth-order valence-electron chi connectivity index (χ4n) is 2.40. The van der Waals surface area contributed by atoms with E-state index in [9.17, 15) is 4.79 Å². The minimum Gasteiger partial charge on any atom is -0.495 e. The predicted octanol–water partition coefficient (Wildman–Crippen LogP) is 3.39. The molecule has 1 aliphatic carbocycles. The Hall–Kier alpha value is -2.29. The van der Waals surface area contributed by atoms with Crippen LogP contribution in [0.2, 0.25) is 0 Å². The van der Waals surface area contributed by atoms with Crippen LogP contribution < -0.4 is 10.5 Å². The summed E-state index contributed by atoms with van der Waals surface area (Å²) in [6, 6.07) is 13.1. The molecule has 1 aliphatic rings. The molecule has 2 aromatic carbocycles. The average Bonchev–Trinajstić information content (AvgIpc) is 3.32. The maximum absolute atomic E-state index is 12.6.